The van der Waals surface area contributed by atoms with E-state index in [1.807, 2.05) is 0 Å². The van der Waals surface area contributed by atoms with Crippen molar-refractivity contribution >= 4 is 28.3 Å². The minimum Gasteiger partial charge on any atom is -0.481 e. The zero-order valence-corrected chi connectivity index (χ0v) is 10.5. The highest BCUT2D eigenvalue weighted by Gasteiger charge is 2.54. The van der Waals surface area contributed by atoms with Crippen LogP contribution in [-0.2, 0) is 9.59 Å². The summed E-state index contributed by atoms with van der Waals surface area (Å²) in [5, 5.41) is 14.4. The van der Waals surface area contributed by atoms with E-state index in [1.54, 1.807) is 11.6 Å². The number of carboxylic acid groups (broad SMARTS) is 1. The molecule has 2 aliphatic rings. The average Bonchev–Trinajstić information content (AvgIpc) is 3.03. The van der Waals surface area contributed by atoms with Gasteiger partial charge in [-0.25, -0.2) is 4.98 Å². The summed E-state index contributed by atoms with van der Waals surface area (Å²) in [6.45, 7) is 0. The number of nitrogens with zero attached hydrogens (tertiary/aromatic N) is 1. The Morgan fingerprint density at radius 1 is 1.33 bits per heavy atom. The Bertz CT molecular complexity index is 474. The molecule has 0 radical (unpaired) electrons. The highest BCUT2D eigenvalue weighted by atomic mass is 32.1. The molecule has 2 bridgehead atoms. The van der Waals surface area contributed by atoms with Crippen LogP contribution in [0, 0.1) is 23.7 Å². The maximum absolute atomic E-state index is 12.2. The summed E-state index contributed by atoms with van der Waals surface area (Å²) in [5.41, 5.74) is 0. The van der Waals surface area contributed by atoms with E-state index in [4.69, 9.17) is 0 Å². The first-order valence-electron chi connectivity index (χ1n) is 6.10. The van der Waals surface area contributed by atoms with Gasteiger partial charge in [0.05, 0.1) is 11.8 Å². The van der Waals surface area contributed by atoms with E-state index >= 15 is 0 Å². The number of amides is 1. The van der Waals surface area contributed by atoms with Crippen molar-refractivity contribution in [3.63, 3.8) is 0 Å². The van der Waals surface area contributed by atoms with Gasteiger partial charge in [-0.2, -0.15) is 0 Å². The Morgan fingerprint density at radius 3 is 2.67 bits per heavy atom. The summed E-state index contributed by atoms with van der Waals surface area (Å²) in [6.07, 6.45) is 4.43. The molecule has 96 valence electrons. The Balaban J connectivity index is 1.78. The van der Waals surface area contributed by atoms with Gasteiger partial charge in [0.15, 0.2) is 5.13 Å². The number of nitrogens with one attached hydrogen (secondary N) is 1. The highest BCUT2D eigenvalue weighted by molar-refractivity contribution is 7.13. The van der Waals surface area contributed by atoms with Gasteiger partial charge in [0.2, 0.25) is 5.91 Å². The van der Waals surface area contributed by atoms with Gasteiger partial charge in [-0.3, -0.25) is 9.59 Å². The summed E-state index contributed by atoms with van der Waals surface area (Å²) >= 11 is 1.35. The third-order valence-electron chi connectivity index (χ3n) is 4.17. The Labute approximate surface area is 108 Å². The Morgan fingerprint density at radius 2 is 2.06 bits per heavy atom. The number of hydrogen-bond donors (Lipinski definition) is 2. The number of hydrogen-bond acceptors (Lipinski definition) is 4. The van der Waals surface area contributed by atoms with E-state index in [-0.39, 0.29) is 23.7 Å². The van der Waals surface area contributed by atoms with Crippen molar-refractivity contribution in [2.24, 2.45) is 23.7 Å². The summed E-state index contributed by atoms with van der Waals surface area (Å²) < 4.78 is 0. The molecule has 2 N–H and O–H groups in total. The third kappa shape index (κ3) is 1.80. The van der Waals surface area contributed by atoms with E-state index in [9.17, 15) is 14.7 Å². The maximum atomic E-state index is 12.2. The first-order valence-corrected chi connectivity index (χ1v) is 6.98. The molecule has 5 nitrogen and oxygen atoms in total. The summed E-state index contributed by atoms with van der Waals surface area (Å²) in [5.74, 6) is -1.49. The summed E-state index contributed by atoms with van der Waals surface area (Å²) in [7, 11) is 0. The molecule has 1 amide bonds. The van der Waals surface area contributed by atoms with Crippen molar-refractivity contribution in [1.82, 2.24) is 4.98 Å². The molecule has 1 aromatic rings. The molecule has 18 heavy (non-hydrogen) atoms. The normalized spacial score (nSPS) is 33.6. The van der Waals surface area contributed by atoms with Crippen LogP contribution >= 0.6 is 11.3 Å². The van der Waals surface area contributed by atoms with E-state index in [2.05, 4.69) is 10.3 Å². The molecule has 0 saturated heterocycles. The van der Waals surface area contributed by atoms with Crippen LogP contribution in [-0.4, -0.2) is 22.0 Å². The zero-order valence-electron chi connectivity index (χ0n) is 9.70. The van der Waals surface area contributed by atoms with E-state index < -0.39 is 11.9 Å². The van der Waals surface area contributed by atoms with Crippen molar-refractivity contribution in [3.8, 4) is 0 Å². The topological polar surface area (TPSA) is 79.3 Å². The van der Waals surface area contributed by atoms with Crippen LogP contribution in [0.2, 0.25) is 0 Å². The molecule has 2 fully saturated rings. The molecule has 0 aliphatic heterocycles. The van der Waals surface area contributed by atoms with E-state index in [0.29, 0.717) is 5.13 Å². The lowest BCUT2D eigenvalue weighted by Crippen LogP contribution is -2.37. The molecule has 6 heteroatoms. The highest BCUT2D eigenvalue weighted by Crippen LogP contribution is 2.52. The Kier molecular flexibility index (Phi) is 2.81. The molecule has 0 aromatic carbocycles. The minimum absolute atomic E-state index is 0.176. The monoisotopic (exact) mass is 266 g/mol. The van der Waals surface area contributed by atoms with Crippen molar-refractivity contribution < 1.29 is 14.7 Å². The Hall–Kier alpha value is -1.43. The number of aromatic nitrogens is 1. The van der Waals surface area contributed by atoms with E-state index in [1.165, 1.54) is 11.3 Å². The summed E-state index contributed by atoms with van der Waals surface area (Å²) in [6, 6.07) is 0. The van der Waals surface area contributed by atoms with Crippen LogP contribution in [0.3, 0.4) is 0 Å². The molecule has 3 rings (SSSR count). The van der Waals surface area contributed by atoms with Gasteiger partial charge in [-0.15, -0.1) is 11.3 Å². The van der Waals surface area contributed by atoms with Gasteiger partial charge < -0.3 is 10.4 Å². The van der Waals surface area contributed by atoms with Crippen molar-refractivity contribution in [3.05, 3.63) is 11.6 Å². The molecule has 1 heterocycles. The molecule has 2 saturated carbocycles. The van der Waals surface area contributed by atoms with Gasteiger partial charge in [-0.1, -0.05) is 0 Å². The number of anilines is 1. The van der Waals surface area contributed by atoms with Crippen LogP contribution in [0.15, 0.2) is 11.6 Å². The predicted octanol–water partition coefficient (Wildman–Crippen LogP) is 1.83. The fourth-order valence-corrected chi connectivity index (χ4v) is 4.03. The minimum atomic E-state index is -0.832. The van der Waals surface area contributed by atoms with Crippen LogP contribution < -0.4 is 5.32 Å². The molecule has 2 aliphatic carbocycles. The lowest BCUT2D eigenvalue weighted by Gasteiger charge is -2.26. The number of carbonyl (C=O) groups is 2. The van der Waals surface area contributed by atoms with Gasteiger partial charge in [-0.05, 0) is 31.1 Å². The maximum Gasteiger partial charge on any atom is 0.307 e. The molecule has 0 unspecified atom stereocenters. The van der Waals surface area contributed by atoms with Crippen molar-refractivity contribution in [2.45, 2.75) is 19.3 Å². The fourth-order valence-electron chi connectivity index (χ4n) is 3.50. The molecule has 0 spiro atoms. The number of aliphatic carboxylic acids is 1. The summed E-state index contributed by atoms with van der Waals surface area (Å²) in [4.78, 5) is 27.5. The van der Waals surface area contributed by atoms with Crippen molar-refractivity contribution in [1.29, 1.82) is 0 Å². The van der Waals surface area contributed by atoms with E-state index in [0.717, 1.165) is 19.3 Å². The van der Waals surface area contributed by atoms with Gasteiger partial charge in [0.25, 0.3) is 0 Å². The first kappa shape index (κ1) is 11.6. The van der Waals surface area contributed by atoms with Gasteiger partial charge in [0.1, 0.15) is 0 Å². The lowest BCUT2D eigenvalue weighted by molar-refractivity contribution is -0.148. The van der Waals surface area contributed by atoms with Crippen LogP contribution in [0.4, 0.5) is 5.13 Å². The number of fused-ring (bicyclic) bond motifs is 2. The SMILES string of the molecule is O=C(O)[C@@H]1[C@H]2CC[C@@H](C2)[C@@H]1C(=O)Nc1nccs1. The average molecular weight is 266 g/mol. The number of rotatable bonds is 3. The van der Waals surface area contributed by atoms with Gasteiger partial charge in [0, 0.05) is 11.6 Å². The lowest BCUT2D eigenvalue weighted by atomic mass is 9.79. The second-order valence-corrected chi connectivity index (χ2v) is 5.94. The second-order valence-electron chi connectivity index (χ2n) is 5.05. The largest absolute Gasteiger partial charge is 0.481 e. The number of carbonyl (C=O) groups excluding carboxylic acids is 1. The van der Waals surface area contributed by atoms with Crippen LogP contribution in [0.1, 0.15) is 19.3 Å². The van der Waals surface area contributed by atoms with Crippen molar-refractivity contribution in [2.75, 3.05) is 5.32 Å². The fraction of sp³-hybridized carbons (Fsp3) is 0.583. The predicted molar refractivity (Wildman–Crippen MR) is 66.2 cm³/mol. The number of thiazole rings is 1. The first-order chi connectivity index (χ1) is 8.66. The molecule has 1 aromatic heterocycles. The second kappa shape index (κ2) is 4.35. The quantitative estimate of drug-likeness (QED) is 0.874. The zero-order chi connectivity index (χ0) is 12.7. The van der Waals surface area contributed by atoms with Crippen LogP contribution in [0.5, 0.6) is 0 Å². The molecule has 4 atom stereocenters. The number of carboxylic acids is 1. The molecular formula is C12H14N2O3S. The molecular weight excluding hydrogens is 252 g/mol. The standard InChI is InChI=1S/C12H14N2O3S/c15-10(14-12-13-3-4-18-12)8-6-1-2-7(5-6)9(8)11(16)17/h3-4,6-9H,1-2,5H2,(H,16,17)(H,13,14,15)/t6-,7-,8-,9+/m0/s1. The van der Waals surface area contributed by atoms with Gasteiger partial charge >= 0.3 is 5.97 Å². The smallest absolute Gasteiger partial charge is 0.307 e. The third-order valence-corrected chi connectivity index (χ3v) is 4.86. The van der Waals surface area contributed by atoms with Crippen LogP contribution in [0.25, 0.3) is 0 Å².